The van der Waals surface area contributed by atoms with E-state index in [2.05, 4.69) is 25.0 Å². The minimum absolute atomic E-state index is 0.337. The molecule has 4 heterocycles. The number of hydrogen-bond acceptors (Lipinski definition) is 6. The zero-order valence-corrected chi connectivity index (χ0v) is 14.2. The Morgan fingerprint density at radius 2 is 2.19 bits per heavy atom. The Kier molecular flexibility index (Phi) is 3.34. The molecule has 3 N–H and O–H groups in total. The van der Waals surface area contributed by atoms with Crippen molar-refractivity contribution in [1.29, 1.82) is 0 Å². The average Bonchev–Trinajstić information content (AvgIpc) is 3.06. The number of primary amides is 1. The summed E-state index contributed by atoms with van der Waals surface area (Å²) in [4.78, 5) is 22.7. The molecule has 0 spiro atoms. The van der Waals surface area contributed by atoms with E-state index in [1.165, 1.54) is 12.8 Å². The number of carbonyl (C=O) groups is 1. The molecule has 0 radical (unpaired) electrons. The number of nitrogens with zero attached hydrogens (tertiary/aromatic N) is 6. The van der Waals surface area contributed by atoms with Gasteiger partial charge >= 0.3 is 0 Å². The van der Waals surface area contributed by atoms with Crippen molar-refractivity contribution in [1.82, 2.24) is 24.1 Å². The van der Waals surface area contributed by atoms with Gasteiger partial charge in [-0.15, -0.1) is 5.10 Å². The van der Waals surface area contributed by atoms with E-state index in [1.54, 1.807) is 4.52 Å². The Balaban J connectivity index is 1.51. The van der Waals surface area contributed by atoms with Crippen LogP contribution in [-0.2, 0) is 4.79 Å². The van der Waals surface area contributed by atoms with Crippen molar-refractivity contribution in [2.45, 2.75) is 37.8 Å². The summed E-state index contributed by atoms with van der Waals surface area (Å²) in [7, 11) is 0. The number of amides is 1. The summed E-state index contributed by atoms with van der Waals surface area (Å²) in [5.74, 6) is 1.57. The number of nitrogens with two attached hydrogens (primary N) is 1. The van der Waals surface area contributed by atoms with Crippen LogP contribution in [-0.4, -0.2) is 42.6 Å². The molecule has 1 amide bonds. The van der Waals surface area contributed by atoms with Crippen LogP contribution in [0.4, 0.5) is 17.6 Å². The molecule has 2 fully saturated rings. The van der Waals surface area contributed by atoms with E-state index < -0.39 is 0 Å². The quantitative estimate of drug-likeness (QED) is 0.720. The van der Waals surface area contributed by atoms with Gasteiger partial charge in [0.1, 0.15) is 17.4 Å². The molecule has 5 rings (SSSR count). The minimum atomic E-state index is -0.357. The molecule has 3 aromatic heterocycles. The van der Waals surface area contributed by atoms with Crippen molar-refractivity contribution in [3.8, 4) is 0 Å². The number of fused-ring (bicyclic) bond motifs is 1. The summed E-state index contributed by atoms with van der Waals surface area (Å²) >= 11 is 0. The Hall–Kier alpha value is -3.10. The highest BCUT2D eigenvalue weighted by Gasteiger charge is 2.31. The third kappa shape index (κ3) is 2.56. The maximum atomic E-state index is 11.7. The molecular formula is C17H20N8O. The molecule has 1 saturated heterocycles. The van der Waals surface area contributed by atoms with E-state index in [4.69, 9.17) is 5.73 Å². The molecule has 9 nitrogen and oxygen atoms in total. The van der Waals surface area contributed by atoms with Gasteiger partial charge in [0, 0.05) is 25.0 Å². The smallest absolute Gasteiger partial charge is 0.246 e. The number of hydrogen-bond donors (Lipinski definition) is 2. The van der Waals surface area contributed by atoms with Gasteiger partial charge in [-0.05, 0) is 37.8 Å². The van der Waals surface area contributed by atoms with Crippen LogP contribution in [0.3, 0.4) is 0 Å². The lowest BCUT2D eigenvalue weighted by atomic mass is 10.2. The van der Waals surface area contributed by atoms with Crippen LogP contribution in [0.15, 0.2) is 30.9 Å². The molecule has 1 atom stereocenters. The van der Waals surface area contributed by atoms with Gasteiger partial charge in [0.05, 0.1) is 6.33 Å². The van der Waals surface area contributed by atoms with Crippen molar-refractivity contribution in [3.63, 3.8) is 0 Å². The number of rotatable bonds is 5. The standard InChI is InChI=1S/C17H20N8O/c18-15(26)12-3-1-7-24(12)17-21-16(13-4-2-8-25(13)22-17)20-14-9-23(10-19-14)11-5-6-11/h2,4,8-12H,1,3,5-7H2,(H2,18,26)(H,20,21,22)/t12-/m0/s1. The average molecular weight is 352 g/mol. The summed E-state index contributed by atoms with van der Waals surface area (Å²) in [6, 6.07) is 4.08. The highest BCUT2D eigenvalue weighted by Crippen LogP contribution is 2.35. The van der Waals surface area contributed by atoms with Crippen LogP contribution in [0.2, 0.25) is 0 Å². The van der Waals surface area contributed by atoms with Gasteiger partial charge < -0.3 is 20.5 Å². The number of aromatic nitrogens is 5. The lowest BCUT2D eigenvalue weighted by Gasteiger charge is -2.22. The van der Waals surface area contributed by atoms with E-state index in [-0.39, 0.29) is 11.9 Å². The fourth-order valence-corrected chi connectivity index (χ4v) is 3.53. The summed E-state index contributed by atoms with van der Waals surface area (Å²) in [5.41, 5.74) is 6.40. The number of nitrogens with one attached hydrogen (secondary N) is 1. The predicted molar refractivity (Wildman–Crippen MR) is 96.3 cm³/mol. The molecule has 0 unspecified atom stereocenters. The molecule has 3 aromatic rings. The van der Waals surface area contributed by atoms with Crippen LogP contribution >= 0.6 is 0 Å². The second-order valence-corrected chi connectivity index (χ2v) is 6.91. The second kappa shape index (κ2) is 5.72. The molecule has 1 aliphatic carbocycles. The van der Waals surface area contributed by atoms with Crippen LogP contribution in [0, 0.1) is 0 Å². The normalized spacial score (nSPS) is 20.0. The molecule has 0 aromatic carbocycles. The summed E-state index contributed by atoms with van der Waals surface area (Å²) in [6.07, 6.45) is 9.76. The van der Waals surface area contributed by atoms with Gasteiger partial charge in [-0.25, -0.2) is 9.50 Å². The van der Waals surface area contributed by atoms with Crippen LogP contribution < -0.4 is 16.0 Å². The lowest BCUT2D eigenvalue weighted by molar-refractivity contribution is -0.119. The van der Waals surface area contributed by atoms with Crippen molar-refractivity contribution in [3.05, 3.63) is 30.9 Å². The summed E-state index contributed by atoms with van der Waals surface area (Å²) in [5, 5.41) is 7.85. The van der Waals surface area contributed by atoms with Gasteiger partial charge in [-0.3, -0.25) is 4.79 Å². The van der Waals surface area contributed by atoms with E-state index in [9.17, 15) is 4.79 Å². The zero-order valence-electron chi connectivity index (χ0n) is 14.2. The Bertz CT molecular complexity index is 972. The minimum Gasteiger partial charge on any atom is -0.368 e. The van der Waals surface area contributed by atoms with Gasteiger partial charge in [0.2, 0.25) is 11.9 Å². The molecule has 0 bridgehead atoms. The zero-order chi connectivity index (χ0) is 17.7. The predicted octanol–water partition coefficient (Wildman–Crippen LogP) is 1.46. The Labute approximate surface area is 149 Å². The van der Waals surface area contributed by atoms with Crippen molar-refractivity contribution in [2.75, 3.05) is 16.8 Å². The molecule has 134 valence electrons. The number of anilines is 3. The monoisotopic (exact) mass is 352 g/mol. The van der Waals surface area contributed by atoms with Gasteiger partial charge in [-0.2, -0.15) is 4.98 Å². The molecule has 26 heavy (non-hydrogen) atoms. The van der Waals surface area contributed by atoms with Gasteiger partial charge in [0.15, 0.2) is 5.82 Å². The van der Waals surface area contributed by atoms with E-state index >= 15 is 0 Å². The maximum Gasteiger partial charge on any atom is 0.246 e. The topological polar surface area (TPSA) is 106 Å². The highest BCUT2D eigenvalue weighted by atomic mass is 16.1. The fraction of sp³-hybridized carbons (Fsp3) is 0.412. The largest absolute Gasteiger partial charge is 0.368 e. The van der Waals surface area contributed by atoms with Crippen LogP contribution in [0.1, 0.15) is 31.7 Å². The first-order valence-corrected chi connectivity index (χ1v) is 8.91. The number of imidazole rings is 1. The molecule has 2 aliphatic rings. The Morgan fingerprint density at radius 3 is 3.00 bits per heavy atom. The van der Waals surface area contributed by atoms with E-state index in [0.717, 1.165) is 30.7 Å². The highest BCUT2D eigenvalue weighted by molar-refractivity contribution is 5.84. The molecule has 1 saturated carbocycles. The summed E-state index contributed by atoms with van der Waals surface area (Å²) < 4.78 is 3.89. The Morgan fingerprint density at radius 1 is 1.31 bits per heavy atom. The third-order valence-electron chi connectivity index (χ3n) is 5.03. The fourth-order valence-electron chi connectivity index (χ4n) is 3.53. The first-order chi connectivity index (χ1) is 12.7. The molecular weight excluding hydrogens is 332 g/mol. The number of carbonyl (C=O) groups excluding carboxylic acids is 1. The first kappa shape index (κ1) is 15.2. The van der Waals surface area contributed by atoms with E-state index in [0.29, 0.717) is 17.8 Å². The van der Waals surface area contributed by atoms with Crippen molar-refractivity contribution in [2.24, 2.45) is 5.73 Å². The van der Waals surface area contributed by atoms with E-state index in [1.807, 2.05) is 35.8 Å². The third-order valence-corrected chi connectivity index (χ3v) is 5.03. The maximum absolute atomic E-state index is 11.7. The van der Waals surface area contributed by atoms with Gasteiger partial charge in [0.25, 0.3) is 0 Å². The molecule has 1 aliphatic heterocycles. The van der Waals surface area contributed by atoms with Crippen LogP contribution in [0.25, 0.3) is 5.52 Å². The lowest BCUT2D eigenvalue weighted by Crippen LogP contribution is -2.41. The second-order valence-electron chi connectivity index (χ2n) is 6.91. The van der Waals surface area contributed by atoms with Gasteiger partial charge in [-0.1, -0.05) is 0 Å². The van der Waals surface area contributed by atoms with Crippen molar-refractivity contribution < 1.29 is 4.79 Å². The SMILES string of the molecule is NC(=O)[C@@H]1CCCN1c1nc(Nc2cn(C3CC3)cn2)c2cccn2n1. The van der Waals surface area contributed by atoms with Crippen LogP contribution in [0.5, 0.6) is 0 Å². The molecule has 9 heteroatoms. The van der Waals surface area contributed by atoms with Crippen molar-refractivity contribution >= 4 is 29.0 Å². The summed E-state index contributed by atoms with van der Waals surface area (Å²) in [6.45, 7) is 0.718. The first-order valence-electron chi connectivity index (χ1n) is 8.91.